The summed E-state index contributed by atoms with van der Waals surface area (Å²) >= 11 is 0. The molecule has 16 aromatic rings. The average Bonchev–Trinajstić information content (AvgIpc) is 1.61. The first-order valence-electron chi connectivity index (χ1n) is 39.9. The molecule has 7 heterocycles. The van der Waals surface area contributed by atoms with Gasteiger partial charge in [0.2, 0.25) is 0 Å². The maximum absolute atomic E-state index is 6.30. The summed E-state index contributed by atoms with van der Waals surface area (Å²) in [4.78, 5) is 26.8. The predicted octanol–water partition coefficient (Wildman–Crippen LogP) is 28.1. The van der Waals surface area contributed by atoms with Crippen LogP contribution in [0.1, 0.15) is 144 Å². The van der Waals surface area contributed by atoms with E-state index in [0.717, 1.165) is 96.9 Å². The quantitative estimate of drug-likeness (QED) is 0.113. The van der Waals surface area contributed by atoms with E-state index >= 15 is 0 Å². The van der Waals surface area contributed by atoms with Gasteiger partial charge in [-0.25, -0.2) is 0 Å². The summed E-state index contributed by atoms with van der Waals surface area (Å²) in [7, 11) is 0. The number of para-hydroxylation sites is 1. The zero-order valence-corrected chi connectivity index (χ0v) is 77.9. The number of nitrogens with zero attached hydrogens (tertiary/aromatic N) is 6. The molecule has 0 fully saturated rings. The first-order chi connectivity index (χ1) is 55.2. The molecule has 0 amide bonds. The fourth-order valence-electron chi connectivity index (χ4n) is 12.9. The minimum Gasteiger partial charge on any atom is -0.500 e. The van der Waals surface area contributed by atoms with Crippen LogP contribution in [0.3, 0.4) is 0 Å². The molecule has 0 aliphatic heterocycles. The van der Waals surface area contributed by atoms with Crippen molar-refractivity contribution in [2.75, 3.05) is 0 Å². The van der Waals surface area contributed by atoms with Crippen LogP contribution in [0.15, 0.2) is 321 Å². The molecule has 0 aliphatic carbocycles. The molecular weight excluding hydrogens is 1970 g/mol. The van der Waals surface area contributed by atoms with Crippen LogP contribution in [-0.4, -0.2) is 29.9 Å². The van der Waals surface area contributed by atoms with Gasteiger partial charge in [-0.15, -0.1) is 197 Å². The predicted molar refractivity (Wildman–Crippen MR) is 481 cm³/mol. The molecule has 16 rings (SSSR count). The normalized spacial score (nSPS) is 11.1. The van der Waals surface area contributed by atoms with Crippen molar-refractivity contribution < 1.29 is 64.7 Å². The number of fused-ring (bicyclic) bond motifs is 3. The van der Waals surface area contributed by atoms with E-state index < -0.39 is 0 Å². The largest absolute Gasteiger partial charge is 0.500 e. The van der Waals surface area contributed by atoms with Crippen molar-refractivity contribution in [1.82, 2.24) is 29.9 Å². The Hall–Kier alpha value is -10.4. The first-order valence-corrected chi connectivity index (χ1v) is 39.9. The SMILES string of the molecule is CC(C)(C)c1ccc(-c2[c-]cccc2)nc1.CC(C)(C)c1ccnc(-c2[c-]ccc(-c3ccccc3)c2)c1.CC(C)(C)c1ccnc(-c2[c-]ccc(-c3ccccc3)c2)c1.CC(C)(C)c1ccnc(-c2[c-]cccc2)c1.CC(C)Cc1ccc(-c2[c-]cccc2)nc1.CC(C)Cc1cccc2c1oc1c(-c3ccccn3)[c-]ccc12.[Ir].[Ir].[Ir]. The number of pyridine rings is 6. The minimum atomic E-state index is 0. The van der Waals surface area contributed by atoms with Gasteiger partial charge in [0, 0.05) is 103 Å². The van der Waals surface area contributed by atoms with Crippen LogP contribution >= 0.6 is 0 Å². The fourth-order valence-corrected chi connectivity index (χ4v) is 12.9. The second-order valence-electron chi connectivity index (χ2n) is 33.7. The third-order valence-electron chi connectivity index (χ3n) is 19.4. The molecule has 0 N–H and O–H groups in total. The molecule has 0 saturated heterocycles. The van der Waals surface area contributed by atoms with Crippen molar-refractivity contribution in [2.24, 2.45) is 11.8 Å². The maximum Gasteiger partial charge on any atom is 0.124 e. The fraction of sp³-hybridized carbons (Fsp3) is 0.222. The summed E-state index contributed by atoms with van der Waals surface area (Å²) in [5.74, 6) is 1.27. The number of rotatable bonds is 12. The minimum absolute atomic E-state index is 0. The summed E-state index contributed by atoms with van der Waals surface area (Å²) in [6, 6.07) is 114. The van der Waals surface area contributed by atoms with Crippen LogP contribution in [0, 0.1) is 48.2 Å². The van der Waals surface area contributed by atoms with Gasteiger partial charge in [-0.3, -0.25) is 0 Å². The monoisotopic (exact) mass is 2080 g/mol. The van der Waals surface area contributed by atoms with Crippen molar-refractivity contribution in [3.63, 3.8) is 0 Å². The van der Waals surface area contributed by atoms with Gasteiger partial charge in [0.25, 0.3) is 0 Å². The average molecular weight is 2080 g/mol. The van der Waals surface area contributed by atoms with Gasteiger partial charge in [-0.05, 0) is 149 Å². The first kappa shape index (κ1) is 93.1. The van der Waals surface area contributed by atoms with Crippen molar-refractivity contribution in [1.29, 1.82) is 0 Å². The van der Waals surface area contributed by atoms with Crippen LogP contribution < -0.4 is 0 Å². The Labute approximate surface area is 743 Å². The molecule has 118 heavy (non-hydrogen) atoms. The van der Waals surface area contributed by atoms with Crippen LogP contribution in [0.25, 0.3) is 112 Å². The molecule has 7 aromatic heterocycles. The summed E-state index contributed by atoms with van der Waals surface area (Å²) in [5.41, 5.74) is 26.9. The van der Waals surface area contributed by atoms with E-state index in [1.165, 1.54) is 61.0 Å². The Balaban J connectivity index is 0.000000177. The van der Waals surface area contributed by atoms with E-state index in [9.17, 15) is 0 Å². The van der Waals surface area contributed by atoms with Crippen LogP contribution in [-0.2, 0) is 94.8 Å². The molecule has 0 bridgehead atoms. The Morgan fingerprint density at radius 2 is 0.686 bits per heavy atom. The Morgan fingerprint density at radius 3 is 1.09 bits per heavy atom. The molecular formula is C108H106Ir3N6O-6. The van der Waals surface area contributed by atoms with E-state index in [1.54, 1.807) is 6.20 Å². The summed E-state index contributed by atoms with van der Waals surface area (Å²) in [6.07, 6.45) is 13.5. The molecule has 7 nitrogen and oxygen atoms in total. The zero-order chi connectivity index (χ0) is 81.5. The van der Waals surface area contributed by atoms with Crippen molar-refractivity contribution in [3.8, 4) is 89.8 Å². The topological polar surface area (TPSA) is 90.5 Å². The second-order valence-corrected chi connectivity index (χ2v) is 33.7. The van der Waals surface area contributed by atoms with Gasteiger partial charge in [-0.1, -0.05) is 255 Å². The van der Waals surface area contributed by atoms with Gasteiger partial charge in [0.15, 0.2) is 0 Å². The summed E-state index contributed by atoms with van der Waals surface area (Å²) in [6.45, 7) is 35.4. The third kappa shape index (κ3) is 26.8. The number of furan rings is 1. The number of aromatic nitrogens is 6. The van der Waals surface area contributed by atoms with Gasteiger partial charge < -0.3 is 34.3 Å². The Kier molecular flexibility index (Phi) is 34.6. The second kappa shape index (κ2) is 43.9. The molecule has 10 heteroatoms. The molecule has 0 aliphatic rings. The van der Waals surface area contributed by atoms with Crippen molar-refractivity contribution in [3.05, 3.63) is 386 Å². The van der Waals surface area contributed by atoms with Crippen molar-refractivity contribution >= 4 is 21.9 Å². The van der Waals surface area contributed by atoms with E-state index in [2.05, 4.69) is 335 Å². The molecule has 607 valence electrons. The molecule has 0 saturated carbocycles. The maximum atomic E-state index is 6.30. The van der Waals surface area contributed by atoms with Crippen LogP contribution in [0.5, 0.6) is 0 Å². The molecule has 0 atom stereocenters. The zero-order valence-electron chi connectivity index (χ0n) is 70.7. The van der Waals surface area contributed by atoms with Crippen LogP contribution in [0.4, 0.5) is 0 Å². The summed E-state index contributed by atoms with van der Waals surface area (Å²) < 4.78 is 6.30. The van der Waals surface area contributed by atoms with E-state index in [-0.39, 0.29) is 82.0 Å². The van der Waals surface area contributed by atoms with Gasteiger partial charge in [0.05, 0.1) is 5.58 Å². The van der Waals surface area contributed by atoms with Gasteiger partial charge in [-0.2, -0.15) is 0 Å². The van der Waals surface area contributed by atoms with Gasteiger partial charge in [0.1, 0.15) is 5.58 Å². The number of hydrogen-bond donors (Lipinski definition) is 0. The van der Waals surface area contributed by atoms with E-state index in [4.69, 9.17) is 4.42 Å². The van der Waals surface area contributed by atoms with E-state index in [0.29, 0.717) is 11.8 Å². The van der Waals surface area contributed by atoms with Gasteiger partial charge >= 0.3 is 0 Å². The Bertz CT molecular complexity index is 5540. The van der Waals surface area contributed by atoms with Crippen molar-refractivity contribution in [2.45, 2.75) is 145 Å². The molecule has 0 spiro atoms. The molecule has 3 radical (unpaired) electrons. The molecule has 0 unspecified atom stereocenters. The number of benzene rings is 9. The standard InChI is InChI=1S/C21H18NO.2C21H20N.3C15H16N.3Ir/c1-14(2)13-15-7-5-8-16-17-9-6-10-18(21(17)23-20(15)16)19-11-3-4-12-22-19;2*1-21(2,3)19-12-13-22-20(15-19)18-11-7-10-17(14-18)16-8-5-4-6-9-16;1-15(2,3)13-9-10-16-14(11-13)12-7-5-4-6-8-12;1-15(2,3)13-9-10-14(16-11-13)12-7-5-4-6-8-12;1-12(2)10-13-8-9-15(16-11-13)14-6-4-3-5-7-14;;;/h3-9,11-12,14H,13H2,1-2H3;2*4-10,12-15H,1-3H3;2*4-7,9-11H,1-3H3;3-6,8-9,11-12H,10H2,1-2H3;;;/q6*-1;;;. The third-order valence-corrected chi connectivity index (χ3v) is 19.4. The molecule has 9 aromatic carbocycles. The van der Waals surface area contributed by atoms with Crippen LogP contribution in [0.2, 0.25) is 0 Å². The smallest absolute Gasteiger partial charge is 0.124 e. The van der Waals surface area contributed by atoms with E-state index in [1.807, 2.05) is 152 Å². The summed E-state index contributed by atoms with van der Waals surface area (Å²) in [5, 5.41) is 2.30. The number of hydrogen-bond acceptors (Lipinski definition) is 7. The Morgan fingerprint density at radius 1 is 0.280 bits per heavy atom.